The van der Waals surface area contributed by atoms with Gasteiger partial charge in [-0.15, -0.1) is 0 Å². The van der Waals surface area contributed by atoms with Gasteiger partial charge in [0.1, 0.15) is 17.1 Å². The van der Waals surface area contributed by atoms with Crippen molar-refractivity contribution in [1.29, 1.82) is 0 Å². The first-order chi connectivity index (χ1) is 12.8. The van der Waals surface area contributed by atoms with Crippen LogP contribution in [0.3, 0.4) is 0 Å². The van der Waals surface area contributed by atoms with Crippen LogP contribution in [0.15, 0.2) is 77.2 Å². The van der Waals surface area contributed by atoms with E-state index in [1.165, 1.54) is 27.8 Å². The summed E-state index contributed by atoms with van der Waals surface area (Å²) in [6, 6.07) is 25.1. The van der Waals surface area contributed by atoms with Gasteiger partial charge in [0.15, 0.2) is 0 Å². The van der Waals surface area contributed by atoms with Crippen molar-refractivity contribution < 1.29 is 9.15 Å². The summed E-state index contributed by atoms with van der Waals surface area (Å²) in [4.78, 5) is 0. The van der Waals surface area contributed by atoms with Gasteiger partial charge in [-0.3, -0.25) is 0 Å². The third-order valence-electron chi connectivity index (χ3n) is 5.06. The van der Waals surface area contributed by atoms with Gasteiger partial charge in [-0.05, 0) is 46.5 Å². The van der Waals surface area contributed by atoms with E-state index in [-0.39, 0.29) is 0 Å². The van der Waals surface area contributed by atoms with Crippen LogP contribution < -0.4 is 4.74 Å². The first-order valence-electron chi connectivity index (χ1n) is 8.78. The fourth-order valence-electron chi connectivity index (χ4n) is 3.77. The average molecular weight is 338 g/mol. The van der Waals surface area contributed by atoms with Crippen LogP contribution in [0.25, 0.3) is 22.6 Å². The van der Waals surface area contributed by atoms with E-state index in [1.54, 1.807) is 7.11 Å². The molecule has 26 heavy (non-hydrogen) atoms. The smallest absolute Gasteiger partial charge is 0.135 e. The monoisotopic (exact) mass is 338 g/mol. The Hall–Kier alpha value is -3.26. The molecular weight excluding hydrogens is 320 g/mol. The summed E-state index contributed by atoms with van der Waals surface area (Å²) in [6.07, 6.45) is 3.03. The second kappa shape index (κ2) is 5.92. The minimum Gasteiger partial charge on any atom is -0.497 e. The molecule has 0 saturated heterocycles. The SMILES string of the molecule is COc1ccc2oc3c(c2c1)Cc1ccccc1C(c1ccccc1)=C3. The van der Waals surface area contributed by atoms with Gasteiger partial charge >= 0.3 is 0 Å². The van der Waals surface area contributed by atoms with Crippen LogP contribution in [0.4, 0.5) is 0 Å². The van der Waals surface area contributed by atoms with E-state index < -0.39 is 0 Å². The molecule has 1 heterocycles. The molecule has 0 radical (unpaired) electrons. The summed E-state index contributed by atoms with van der Waals surface area (Å²) in [5, 5.41) is 1.12. The van der Waals surface area contributed by atoms with Gasteiger partial charge in [-0.2, -0.15) is 0 Å². The van der Waals surface area contributed by atoms with Crippen molar-refractivity contribution in [2.45, 2.75) is 6.42 Å². The number of methoxy groups -OCH3 is 1. The highest BCUT2D eigenvalue weighted by atomic mass is 16.5. The maximum atomic E-state index is 6.22. The largest absolute Gasteiger partial charge is 0.497 e. The molecule has 0 spiro atoms. The molecule has 0 amide bonds. The van der Waals surface area contributed by atoms with Gasteiger partial charge in [0.2, 0.25) is 0 Å². The average Bonchev–Trinajstić information content (AvgIpc) is 2.94. The highest BCUT2D eigenvalue weighted by Crippen LogP contribution is 2.39. The quantitative estimate of drug-likeness (QED) is 0.398. The maximum absolute atomic E-state index is 6.22. The third kappa shape index (κ3) is 2.34. The van der Waals surface area contributed by atoms with Crippen molar-refractivity contribution >= 4 is 22.6 Å². The Labute approximate surface area is 152 Å². The van der Waals surface area contributed by atoms with Crippen LogP contribution in [-0.4, -0.2) is 7.11 Å². The molecule has 5 rings (SSSR count). The molecule has 0 atom stereocenters. The van der Waals surface area contributed by atoms with Gasteiger partial charge in [0.05, 0.1) is 7.11 Å². The molecule has 0 saturated carbocycles. The predicted molar refractivity (Wildman–Crippen MR) is 105 cm³/mol. The fourth-order valence-corrected chi connectivity index (χ4v) is 3.77. The number of ether oxygens (including phenoxy) is 1. The molecule has 0 fully saturated rings. The van der Waals surface area contributed by atoms with E-state index in [0.717, 1.165) is 28.9 Å². The number of furan rings is 1. The topological polar surface area (TPSA) is 22.4 Å². The van der Waals surface area contributed by atoms with Crippen LogP contribution in [0.5, 0.6) is 5.75 Å². The zero-order valence-corrected chi connectivity index (χ0v) is 14.5. The lowest BCUT2D eigenvalue weighted by Crippen LogP contribution is -1.94. The predicted octanol–water partition coefficient (Wildman–Crippen LogP) is 5.93. The molecule has 1 aliphatic rings. The standard InChI is InChI=1S/C24H18O2/c1-25-18-11-12-23-22(14-18)21-13-17-9-5-6-10-19(17)20(15-24(21)26-23)16-7-3-2-4-8-16/h2-12,14-15H,13H2,1H3. The summed E-state index contributed by atoms with van der Waals surface area (Å²) in [6.45, 7) is 0. The van der Waals surface area contributed by atoms with Gasteiger partial charge in [0.25, 0.3) is 0 Å². The van der Waals surface area contributed by atoms with Gasteiger partial charge in [-0.1, -0.05) is 54.6 Å². The highest BCUT2D eigenvalue weighted by Gasteiger charge is 2.21. The Bertz CT molecular complexity index is 1130. The fraction of sp³-hybridized carbons (Fsp3) is 0.0833. The van der Waals surface area contributed by atoms with E-state index in [1.807, 2.05) is 18.2 Å². The normalized spacial score (nSPS) is 12.9. The van der Waals surface area contributed by atoms with E-state index in [4.69, 9.17) is 9.15 Å². The van der Waals surface area contributed by atoms with Crippen molar-refractivity contribution in [2.75, 3.05) is 7.11 Å². The van der Waals surface area contributed by atoms with E-state index in [9.17, 15) is 0 Å². The number of hydrogen-bond donors (Lipinski definition) is 0. The Kier molecular flexibility index (Phi) is 3.42. The minimum absolute atomic E-state index is 0.846. The van der Waals surface area contributed by atoms with Crippen molar-refractivity contribution in [3.05, 3.63) is 101 Å². The number of rotatable bonds is 2. The minimum atomic E-state index is 0.846. The summed E-state index contributed by atoms with van der Waals surface area (Å²) < 4.78 is 11.6. The first-order valence-corrected chi connectivity index (χ1v) is 8.78. The van der Waals surface area contributed by atoms with Crippen LogP contribution in [0.2, 0.25) is 0 Å². The number of fused-ring (bicyclic) bond motifs is 4. The molecule has 1 aromatic heterocycles. The lowest BCUT2D eigenvalue weighted by molar-refractivity contribution is 0.415. The lowest BCUT2D eigenvalue weighted by atomic mass is 9.93. The van der Waals surface area contributed by atoms with Crippen molar-refractivity contribution in [2.24, 2.45) is 0 Å². The Morgan fingerprint density at radius 3 is 2.54 bits per heavy atom. The van der Waals surface area contributed by atoms with E-state index >= 15 is 0 Å². The molecule has 2 heteroatoms. The highest BCUT2D eigenvalue weighted by molar-refractivity contribution is 5.97. The molecule has 3 aromatic carbocycles. The van der Waals surface area contributed by atoms with Gasteiger partial charge in [-0.25, -0.2) is 0 Å². The Balaban J connectivity index is 1.81. The number of benzene rings is 3. The summed E-state index contributed by atoms with van der Waals surface area (Å²) in [5.74, 6) is 1.79. The van der Waals surface area contributed by atoms with Gasteiger partial charge in [0, 0.05) is 17.4 Å². The van der Waals surface area contributed by atoms with E-state index in [0.29, 0.717) is 0 Å². The molecule has 0 N–H and O–H groups in total. The zero-order chi connectivity index (χ0) is 17.5. The molecular formula is C24H18O2. The van der Waals surface area contributed by atoms with Crippen molar-refractivity contribution in [3.8, 4) is 5.75 Å². The molecule has 4 aromatic rings. The summed E-state index contributed by atoms with van der Waals surface area (Å²) >= 11 is 0. The second-order valence-electron chi connectivity index (χ2n) is 6.56. The zero-order valence-electron chi connectivity index (χ0n) is 14.5. The van der Waals surface area contributed by atoms with Crippen molar-refractivity contribution in [3.63, 3.8) is 0 Å². The second-order valence-corrected chi connectivity index (χ2v) is 6.56. The summed E-state index contributed by atoms with van der Waals surface area (Å²) in [5.41, 5.74) is 7.10. The summed E-state index contributed by atoms with van der Waals surface area (Å²) in [7, 11) is 1.70. The molecule has 0 unspecified atom stereocenters. The van der Waals surface area contributed by atoms with Crippen LogP contribution in [-0.2, 0) is 6.42 Å². The van der Waals surface area contributed by atoms with Crippen LogP contribution >= 0.6 is 0 Å². The molecule has 0 aliphatic heterocycles. The molecule has 126 valence electrons. The van der Waals surface area contributed by atoms with Crippen LogP contribution in [0, 0.1) is 0 Å². The third-order valence-corrected chi connectivity index (χ3v) is 5.06. The molecule has 1 aliphatic carbocycles. The van der Waals surface area contributed by atoms with Gasteiger partial charge < -0.3 is 9.15 Å². The van der Waals surface area contributed by atoms with Crippen LogP contribution in [0.1, 0.15) is 28.0 Å². The molecule has 0 bridgehead atoms. The Morgan fingerprint density at radius 1 is 0.885 bits per heavy atom. The lowest BCUT2D eigenvalue weighted by Gasteiger charge is -2.11. The Morgan fingerprint density at radius 2 is 1.69 bits per heavy atom. The van der Waals surface area contributed by atoms with E-state index in [2.05, 4.69) is 60.7 Å². The first kappa shape index (κ1) is 15.0. The maximum Gasteiger partial charge on any atom is 0.135 e. The molecule has 2 nitrogen and oxygen atoms in total. The number of hydrogen-bond acceptors (Lipinski definition) is 2. The van der Waals surface area contributed by atoms with Crippen molar-refractivity contribution in [1.82, 2.24) is 0 Å².